The molecule has 0 N–H and O–H groups in total. The number of anilines is 1. The van der Waals surface area contributed by atoms with Crippen molar-refractivity contribution in [1.82, 2.24) is 4.57 Å². The summed E-state index contributed by atoms with van der Waals surface area (Å²) in [5.41, 5.74) is 20.0. The first-order valence-corrected chi connectivity index (χ1v) is 13.5. The van der Waals surface area contributed by atoms with Crippen molar-refractivity contribution in [3.8, 4) is 0 Å². The highest BCUT2D eigenvalue weighted by molar-refractivity contribution is 6.15. The summed E-state index contributed by atoms with van der Waals surface area (Å²) < 4.78 is 2.58. The summed E-state index contributed by atoms with van der Waals surface area (Å²) in [6, 6.07) is 24.8. The zero-order valence-corrected chi connectivity index (χ0v) is 20.9. The Morgan fingerprint density at radius 1 is 0.816 bits per heavy atom. The Bertz CT molecular complexity index is 2000. The van der Waals surface area contributed by atoms with E-state index in [0.29, 0.717) is 0 Å². The molecule has 4 aromatic rings. The Kier molecular flexibility index (Phi) is 3.96. The number of benzene rings is 3. The second kappa shape index (κ2) is 7.40. The van der Waals surface area contributed by atoms with E-state index < -0.39 is 0 Å². The van der Waals surface area contributed by atoms with Crippen molar-refractivity contribution in [2.75, 3.05) is 4.90 Å². The number of hydrogen-bond donors (Lipinski definition) is 0. The van der Waals surface area contributed by atoms with E-state index in [2.05, 4.69) is 124 Å². The molecule has 3 aliphatic carbocycles. The molecule has 38 heavy (non-hydrogen) atoms. The van der Waals surface area contributed by atoms with Gasteiger partial charge in [0.25, 0.3) is 0 Å². The van der Waals surface area contributed by atoms with Crippen LogP contribution in [0.5, 0.6) is 0 Å². The van der Waals surface area contributed by atoms with Gasteiger partial charge in [0, 0.05) is 39.2 Å². The highest BCUT2D eigenvalue weighted by Crippen LogP contribution is 2.56. The number of para-hydroxylation sites is 3. The summed E-state index contributed by atoms with van der Waals surface area (Å²) in [6.45, 7) is 0. The summed E-state index contributed by atoms with van der Waals surface area (Å²) in [7, 11) is 0. The van der Waals surface area contributed by atoms with Crippen molar-refractivity contribution < 1.29 is 0 Å². The molecule has 0 spiro atoms. The van der Waals surface area contributed by atoms with Gasteiger partial charge in [0.1, 0.15) is 0 Å². The normalized spacial score (nSPS) is 22.1. The Labute approximate surface area is 221 Å². The molecule has 9 rings (SSSR count). The maximum absolute atomic E-state index is 3.45. The van der Waals surface area contributed by atoms with Gasteiger partial charge in [0.2, 0.25) is 0 Å². The largest absolute Gasteiger partial charge is 0.325 e. The third kappa shape index (κ3) is 2.49. The number of hydrogen-bond acceptors (Lipinski definition) is 1. The quantitative estimate of drug-likeness (QED) is 0.246. The van der Waals surface area contributed by atoms with E-state index in [-0.39, 0.29) is 12.0 Å². The van der Waals surface area contributed by atoms with Crippen molar-refractivity contribution in [1.29, 1.82) is 0 Å². The number of rotatable bonds is 1. The third-order valence-electron chi connectivity index (χ3n) is 8.86. The van der Waals surface area contributed by atoms with Crippen LogP contribution in [0.2, 0.25) is 0 Å². The monoisotopic (exact) mass is 484 g/mol. The fraction of sp³-hybridized carbons (Fsp3) is 0.111. The first-order chi connectivity index (χ1) is 18.9. The lowest BCUT2D eigenvalue weighted by Gasteiger charge is -2.39. The van der Waals surface area contributed by atoms with Crippen LogP contribution in [0.25, 0.3) is 38.6 Å². The van der Waals surface area contributed by atoms with Gasteiger partial charge in [-0.15, -0.1) is 0 Å². The van der Waals surface area contributed by atoms with E-state index in [1.807, 2.05) is 6.08 Å². The molecule has 2 aliphatic heterocycles. The van der Waals surface area contributed by atoms with Gasteiger partial charge in [-0.2, -0.15) is 0 Å². The first kappa shape index (κ1) is 20.3. The molecule has 0 amide bonds. The molecule has 5 aliphatic rings. The predicted octanol–water partition coefficient (Wildman–Crippen LogP) is 8.42. The van der Waals surface area contributed by atoms with Crippen molar-refractivity contribution in [2.45, 2.75) is 18.9 Å². The van der Waals surface area contributed by atoms with Gasteiger partial charge in [0.15, 0.2) is 0 Å². The number of fused-ring (bicyclic) bond motifs is 11. The minimum absolute atomic E-state index is 0.154. The zero-order valence-electron chi connectivity index (χ0n) is 20.9. The molecular weight excluding hydrogens is 460 g/mol. The molecule has 0 saturated carbocycles. The number of nitrogens with zero attached hydrogens (tertiary/aromatic N) is 2. The Balaban J connectivity index is 1.42. The lowest BCUT2D eigenvalue weighted by atomic mass is 9.75. The van der Waals surface area contributed by atoms with Crippen LogP contribution in [0.15, 0.2) is 132 Å². The first-order valence-electron chi connectivity index (χ1n) is 13.5. The van der Waals surface area contributed by atoms with Crippen molar-refractivity contribution in [3.63, 3.8) is 0 Å². The molecule has 3 heterocycles. The Hall–Kier alpha value is -4.74. The average Bonchev–Trinajstić information content (AvgIpc) is 3.46. The molecule has 1 aromatic heterocycles. The van der Waals surface area contributed by atoms with E-state index in [1.165, 1.54) is 55.5 Å². The van der Waals surface area contributed by atoms with Crippen LogP contribution in [-0.4, -0.2) is 10.6 Å². The van der Waals surface area contributed by atoms with Crippen LogP contribution in [0.4, 0.5) is 5.69 Å². The van der Waals surface area contributed by atoms with Crippen LogP contribution in [0.1, 0.15) is 24.0 Å². The summed E-state index contributed by atoms with van der Waals surface area (Å²) >= 11 is 0. The van der Waals surface area contributed by atoms with Crippen LogP contribution in [0.3, 0.4) is 0 Å². The van der Waals surface area contributed by atoms with Crippen LogP contribution < -0.4 is 4.90 Å². The molecular formula is C36H24N2. The smallest absolute Gasteiger partial charge is 0.0933 e. The molecule has 178 valence electrons. The molecule has 2 heteroatoms. The molecule has 0 fully saturated rings. The second-order valence-corrected chi connectivity index (χ2v) is 10.6. The molecule has 0 bridgehead atoms. The van der Waals surface area contributed by atoms with Gasteiger partial charge in [-0.3, -0.25) is 0 Å². The maximum atomic E-state index is 3.45. The summed E-state index contributed by atoms with van der Waals surface area (Å²) in [4.78, 5) is 2.52. The van der Waals surface area contributed by atoms with Crippen molar-refractivity contribution in [3.05, 3.63) is 143 Å². The second-order valence-electron chi connectivity index (χ2n) is 10.6. The minimum Gasteiger partial charge on any atom is -0.325 e. The summed E-state index contributed by atoms with van der Waals surface area (Å²) in [6.07, 6.45) is 17.9. The van der Waals surface area contributed by atoms with E-state index in [9.17, 15) is 0 Å². The van der Waals surface area contributed by atoms with E-state index in [4.69, 9.17) is 0 Å². The van der Waals surface area contributed by atoms with Crippen LogP contribution in [0, 0.1) is 5.92 Å². The molecule has 2 atom stereocenters. The van der Waals surface area contributed by atoms with Crippen molar-refractivity contribution >= 4 is 44.3 Å². The highest BCUT2D eigenvalue weighted by atomic mass is 15.2. The van der Waals surface area contributed by atoms with Gasteiger partial charge >= 0.3 is 0 Å². The predicted molar refractivity (Wildman–Crippen MR) is 157 cm³/mol. The maximum Gasteiger partial charge on any atom is 0.0933 e. The highest BCUT2D eigenvalue weighted by Gasteiger charge is 2.47. The average molecular weight is 485 g/mol. The van der Waals surface area contributed by atoms with Crippen molar-refractivity contribution in [2.24, 2.45) is 5.92 Å². The van der Waals surface area contributed by atoms with Gasteiger partial charge < -0.3 is 9.47 Å². The van der Waals surface area contributed by atoms with Gasteiger partial charge in [-0.05, 0) is 60.1 Å². The molecule has 0 radical (unpaired) electrons. The van der Waals surface area contributed by atoms with Crippen LogP contribution >= 0.6 is 0 Å². The number of allylic oxidation sites excluding steroid dienone is 8. The Morgan fingerprint density at radius 2 is 1.68 bits per heavy atom. The SMILES string of the molecule is C1=C=C(N2c3ccccc3C3=CC=C4C(C5=C(C=CCC5)c5cccc6c7ccccc7n4c56)C32)C=CC=1. The lowest BCUT2D eigenvalue weighted by molar-refractivity contribution is 0.625. The van der Waals surface area contributed by atoms with Gasteiger partial charge in [-0.1, -0.05) is 90.2 Å². The van der Waals surface area contributed by atoms with E-state index in [1.54, 1.807) is 5.57 Å². The summed E-state index contributed by atoms with van der Waals surface area (Å²) in [5, 5.41) is 2.65. The lowest BCUT2D eigenvalue weighted by Crippen LogP contribution is -2.40. The number of aromatic nitrogens is 1. The van der Waals surface area contributed by atoms with E-state index in [0.717, 1.165) is 18.5 Å². The van der Waals surface area contributed by atoms with Crippen LogP contribution in [-0.2, 0) is 0 Å². The fourth-order valence-electron chi connectivity index (χ4n) is 7.45. The molecule has 2 unspecified atom stereocenters. The summed E-state index contributed by atoms with van der Waals surface area (Å²) in [5.74, 6) is 0.211. The minimum atomic E-state index is 0.154. The van der Waals surface area contributed by atoms with E-state index >= 15 is 0 Å². The molecule has 0 saturated heterocycles. The standard InChI is InChI=1S/C36H24N2/c1-2-11-23(12-3-1)37-31-19-8-6-15-26(31)30-21-22-33-34(36(30)37)27-16-5-4-13-24(27)28-17-10-18-29-25-14-7-9-20-32(25)38(33)35(28)29/h1-2,4,6-11,13-15,17-22,34,36H,5,16H2. The van der Waals surface area contributed by atoms with Gasteiger partial charge in [0.05, 0.1) is 22.8 Å². The zero-order chi connectivity index (χ0) is 24.8. The fourth-order valence-corrected chi connectivity index (χ4v) is 7.45. The topological polar surface area (TPSA) is 8.17 Å². The Morgan fingerprint density at radius 3 is 2.63 bits per heavy atom. The van der Waals surface area contributed by atoms with Gasteiger partial charge in [-0.25, -0.2) is 0 Å². The third-order valence-corrected chi connectivity index (χ3v) is 8.86. The molecule has 2 nitrogen and oxygen atoms in total. The molecule has 3 aromatic carbocycles.